The Hall–Kier alpha value is -0.480. The zero-order valence-electron chi connectivity index (χ0n) is 11.2. The van der Waals surface area contributed by atoms with Gasteiger partial charge in [0.15, 0.2) is 0 Å². The molecule has 0 spiro atoms. The molecule has 0 amide bonds. The third-order valence-corrected chi connectivity index (χ3v) is 5.12. The summed E-state index contributed by atoms with van der Waals surface area (Å²) in [6.07, 6.45) is 0. The predicted octanol–water partition coefficient (Wildman–Crippen LogP) is 5.30. The van der Waals surface area contributed by atoms with Crippen LogP contribution in [-0.2, 0) is 6.54 Å². The van der Waals surface area contributed by atoms with Gasteiger partial charge in [0.05, 0.1) is 9.23 Å². The van der Waals surface area contributed by atoms with Gasteiger partial charge in [-0.1, -0.05) is 49.3 Å². The summed E-state index contributed by atoms with van der Waals surface area (Å²) in [7, 11) is 0. The smallest absolute Gasteiger partial charge is 0.0646 e. The second-order valence-corrected chi connectivity index (χ2v) is 7.52. The van der Waals surface area contributed by atoms with Gasteiger partial charge in [0, 0.05) is 11.4 Å². The molecule has 0 fully saturated rings. The lowest BCUT2D eigenvalue weighted by molar-refractivity contribution is 0.552. The van der Waals surface area contributed by atoms with Crippen LogP contribution < -0.4 is 5.32 Å². The highest BCUT2D eigenvalue weighted by molar-refractivity contribution is 8.01. The second-order valence-electron chi connectivity index (χ2n) is 4.82. The topological polar surface area (TPSA) is 12.0 Å². The van der Waals surface area contributed by atoms with Crippen molar-refractivity contribution >= 4 is 34.7 Å². The van der Waals surface area contributed by atoms with Crippen molar-refractivity contribution in [2.45, 2.75) is 29.5 Å². The van der Waals surface area contributed by atoms with Crippen molar-refractivity contribution in [1.82, 2.24) is 5.32 Å². The molecule has 2 aromatic rings. The molecule has 0 atom stereocenters. The van der Waals surface area contributed by atoms with Gasteiger partial charge in [0.25, 0.3) is 0 Å². The molecular weight excluding hydrogens is 294 g/mol. The lowest BCUT2D eigenvalue weighted by Gasteiger charge is -2.09. The maximum atomic E-state index is 6.34. The fraction of sp³-hybridized carbons (Fsp3) is 0.333. The summed E-state index contributed by atoms with van der Waals surface area (Å²) in [4.78, 5) is 1.12. The van der Waals surface area contributed by atoms with Crippen molar-refractivity contribution < 1.29 is 0 Å². The van der Waals surface area contributed by atoms with Gasteiger partial charge in [-0.2, -0.15) is 0 Å². The van der Waals surface area contributed by atoms with Crippen molar-refractivity contribution in [3.8, 4) is 0 Å². The minimum atomic E-state index is 0.670. The number of rotatable bonds is 6. The molecule has 0 saturated heterocycles. The Morgan fingerprint density at radius 2 is 2.16 bits per heavy atom. The minimum Gasteiger partial charge on any atom is -0.312 e. The molecule has 1 nitrogen and oxygen atoms in total. The largest absolute Gasteiger partial charge is 0.312 e. The summed E-state index contributed by atoms with van der Waals surface area (Å²) >= 11 is 9.81. The average molecular weight is 312 g/mol. The van der Waals surface area contributed by atoms with Crippen molar-refractivity contribution in [2.75, 3.05) is 6.54 Å². The fourth-order valence-corrected chi connectivity index (χ4v) is 3.72. The molecule has 4 heteroatoms. The molecule has 0 bridgehead atoms. The van der Waals surface area contributed by atoms with E-state index in [1.807, 2.05) is 0 Å². The van der Waals surface area contributed by atoms with Crippen LogP contribution in [0.25, 0.3) is 0 Å². The van der Waals surface area contributed by atoms with Gasteiger partial charge in [-0.05, 0) is 41.6 Å². The molecule has 1 aromatic heterocycles. The molecule has 0 aliphatic rings. The van der Waals surface area contributed by atoms with Gasteiger partial charge in [-0.3, -0.25) is 0 Å². The van der Waals surface area contributed by atoms with Gasteiger partial charge in [-0.25, -0.2) is 0 Å². The van der Waals surface area contributed by atoms with Crippen LogP contribution in [0, 0.1) is 5.92 Å². The molecule has 1 heterocycles. The van der Waals surface area contributed by atoms with E-state index in [2.05, 4.69) is 54.9 Å². The van der Waals surface area contributed by atoms with Crippen molar-refractivity contribution in [2.24, 2.45) is 5.92 Å². The first kappa shape index (κ1) is 14.9. The molecule has 1 N–H and O–H groups in total. The summed E-state index contributed by atoms with van der Waals surface area (Å²) in [5.74, 6) is 0.670. The van der Waals surface area contributed by atoms with Gasteiger partial charge in [0.1, 0.15) is 0 Å². The number of hydrogen-bond donors (Lipinski definition) is 1. The quantitative estimate of drug-likeness (QED) is 0.777. The first-order valence-corrected chi connectivity index (χ1v) is 8.43. The monoisotopic (exact) mass is 311 g/mol. The van der Waals surface area contributed by atoms with E-state index in [1.165, 1.54) is 9.77 Å². The zero-order chi connectivity index (χ0) is 13.7. The van der Waals surface area contributed by atoms with Crippen LogP contribution in [0.4, 0.5) is 0 Å². The van der Waals surface area contributed by atoms with Crippen LogP contribution in [0.15, 0.2) is 44.8 Å². The molecular formula is C15H18ClNS2. The maximum absolute atomic E-state index is 6.34. The summed E-state index contributed by atoms with van der Waals surface area (Å²) in [6, 6.07) is 10.5. The molecule has 0 aliphatic carbocycles. The molecule has 0 aliphatic heterocycles. The highest BCUT2D eigenvalue weighted by Gasteiger charge is 2.05. The minimum absolute atomic E-state index is 0.670. The predicted molar refractivity (Wildman–Crippen MR) is 86.4 cm³/mol. The van der Waals surface area contributed by atoms with Crippen LogP contribution >= 0.6 is 34.7 Å². The molecule has 102 valence electrons. The molecule has 19 heavy (non-hydrogen) atoms. The summed E-state index contributed by atoms with van der Waals surface area (Å²) in [5.41, 5.74) is 1.24. The Bertz CT molecular complexity index is 509. The number of nitrogens with one attached hydrogen (secondary N) is 1. The van der Waals surface area contributed by atoms with E-state index < -0.39 is 0 Å². The van der Waals surface area contributed by atoms with Crippen molar-refractivity contribution in [3.63, 3.8) is 0 Å². The van der Waals surface area contributed by atoms with Crippen LogP contribution in [0.1, 0.15) is 19.4 Å². The molecule has 0 radical (unpaired) electrons. The summed E-state index contributed by atoms with van der Waals surface area (Å²) < 4.78 is 1.27. The highest BCUT2D eigenvalue weighted by Crippen LogP contribution is 2.36. The number of thiophene rings is 1. The standard InChI is InChI=1S/C15H18ClNS2/c1-11(2)9-17-10-12-5-6-14(13(16)8-12)19-15-4-3-7-18-15/h3-8,11,17H,9-10H2,1-2H3. The Morgan fingerprint density at radius 3 is 2.79 bits per heavy atom. The third-order valence-electron chi connectivity index (χ3n) is 2.58. The van der Waals surface area contributed by atoms with E-state index in [4.69, 9.17) is 11.6 Å². The van der Waals surface area contributed by atoms with Crippen LogP contribution in [0.3, 0.4) is 0 Å². The van der Waals surface area contributed by atoms with Crippen molar-refractivity contribution in [3.05, 3.63) is 46.3 Å². The number of hydrogen-bond acceptors (Lipinski definition) is 3. The SMILES string of the molecule is CC(C)CNCc1ccc(Sc2cccs2)c(Cl)c1. The Balaban J connectivity index is 1.97. The first-order valence-electron chi connectivity index (χ1n) is 6.35. The van der Waals surface area contributed by atoms with E-state index in [0.29, 0.717) is 5.92 Å². The molecule has 0 unspecified atom stereocenters. The van der Waals surface area contributed by atoms with Gasteiger partial charge >= 0.3 is 0 Å². The Morgan fingerprint density at radius 1 is 1.32 bits per heavy atom. The van der Waals surface area contributed by atoms with E-state index >= 15 is 0 Å². The van der Waals surface area contributed by atoms with E-state index in [-0.39, 0.29) is 0 Å². The maximum Gasteiger partial charge on any atom is 0.0646 e. The van der Waals surface area contributed by atoms with Gasteiger partial charge in [-0.15, -0.1) is 11.3 Å². The van der Waals surface area contributed by atoms with Crippen LogP contribution in [-0.4, -0.2) is 6.54 Å². The zero-order valence-corrected chi connectivity index (χ0v) is 13.5. The summed E-state index contributed by atoms with van der Waals surface area (Å²) in [6.45, 7) is 6.33. The second kappa shape index (κ2) is 7.34. The lowest BCUT2D eigenvalue weighted by atomic mass is 10.2. The van der Waals surface area contributed by atoms with Crippen molar-refractivity contribution in [1.29, 1.82) is 0 Å². The molecule has 0 saturated carbocycles. The lowest BCUT2D eigenvalue weighted by Crippen LogP contribution is -2.18. The first-order chi connectivity index (χ1) is 9.15. The van der Waals surface area contributed by atoms with E-state index in [1.54, 1.807) is 23.1 Å². The van der Waals surface area contributed by atoms with E-state index in [9.17, 15) is 0 Å². The Kier molecular flexibility index (Phi) is 5.76. The average Bonchev–Trinajstić information content (AvgIpc) is 2.85. The van der Waals surface area contributed by atoms with Crippen LogP contribution in [0.5, 0.6) is 0 Å². The van der Waals surface area contributed by atoms with E-state index in [0.717, 1.165) is 23.0 Å². The Labute approximate surface area is 128 Å². The molecule has 1 aromatic carbocycles. The van der Waals surface area contributed by atoms with Gasteiger partial charge < -0.3 is 5.32 Å². The van der Waals surface area contributed by atoms with Gasteiger partial charge in [0.2, 0.25) is 0 Å². The third kappa shape index (κ3) is 4.84. The fourth-order valence-electron chi connectivity index (χ4n) is 1.67. The summed E-state index contributed by atoms with van der Waals surface area (Å²) in [5, 5.41) is 6.35. The number of halogens is 1. The molecule has 2 rings (SSSR count). The number of benzene rings is 1. The normalized spacial score (nSPS) is 11.2. The highest BCUT2D eigenvalue weighted by atomic mass is 35.5. The van der Waals surface area contributed by atoms with Crippen LogP contribution in [0.2, 0.25) is 5.02 Å².